The zero-order valence-corrected chi connectivity index (χ0v) is 15.6. The van der Waals surface area contributed by atoms with Crippen molar-refractivity contribution in [1.82, 2.24) is 9.88 Å². The Balaban J connectivity index is 1.61. The number of carbonyl (C=O) groups is 1. The zero-order chi connectivity index (χ0) is 18.5. The van der Waals surface area contributed by atoms with Gasteiger partial charge in [-0.25, -0.2) is 0 Å². The molecule has 3 aromatic rings. The Morgan fingerprint density at radius 3 is 2.62 bits per heavy atom. The molecule has 0 unspecified atom stereocenters. The van der Waals surface area contributed by atoms with E-state index in [1.54, 1.807) is 43.4 Å². The molecule has 0 aliphatic heterocycles. The molecule has 2 heterocycles. The molecule has 0 saturated carbocycles. The molecule has 0 spiro atoms. The highest BCUT2D eigenvalue weighted by atomic mass is 35.5. The number of carbonyl (C=O) groups excluding carboxylic acids is 1. The Kier molecular flexibility index (Phi) is 5.75. The van der Waals surface area contributed by atoms with Crippen LogP contribution in [0.1, 0.15) is 10.4 Å². The fraction of sp³-hybridized carbons (Fsp3) is 0.158. The van der Waals surface area contributed by atoms with Crippen LogP contribution in [-0.2, 0) is 0 Å². The monoisotopic (exact) mass is 388 g/mol. The van der Waals surface area contributed by atoms with Gasteiger partial charge in [-0.1, -0.05) is 17.7 Å². The topological polar surface area (TPSA) is 62.4 Å². The van der Waals surface area contributed by atoms with Crippen LogP contribution in [0.25, 0.3) is 10.6 Å². The molecule has 1 aromatic carbocycles. The molecule has 5 nitrogen and oxygen atoms in total. The number of hydrogen-bond acceptors (Lipinski definition) is 4. The number of halogens is 1. The second-order valence-corrected chi connectivity index (χ2v) is 7.01. The summed E-state index contributed by atoms with van der Waals surface area (Å²) in [6, 6.07) is 14.1. The van der Waals surface area contributed by atoms with Gasteiger partial charge < -0.3 is 14.6 Å². The van der Waals surface area contributed by atoms with Crippen molar-refractivity contribution in [3.05, 3.63) is 74.9 Å². The van der Waals surface area contributed by atoms with Gasteiger partial charge in [-0.05, 0) is 47.8 Å². The average molecular weight is 389 g/mol. The number of nitrogens with one attached hydrogen (secondary N) is 1. The van der Waals surface area contributed by atoms with Crippen LogP contribution in [0.2, 0.25) is 5.02 Å². The number of aromatic amines is 1. The summed E-state index contributed by atoms with van der Waals surface area (Å²) in [5.41, 5.74) is 0.418. The molecule has 3 rings (SSSR count). The van der Waals surface area contributed by atoms with Gasteiger partial charge in [0.25, 0.3) is 11.5 Å². The van der Waals surface area contributed by atoms with E-state index < -0.39 is 5.56 Å². The van der Waals surface area contributed by atoms with E-state index in [1.807, 2.05) is 17.5 Å². The first-order valence-electron chi connectivity index (χ1n) is 7.95. The highest BCUT2D eigenvalue weighted by molar-refractivity contribution is 7.13. The molecule has 0 radical (unpaired) electrons. The number of nitrogens with zero attached hydrogens (tertiary/aromatic N) is 1. The summed E-state index contributed by atoms with van der Waals surface area (Å²) >= 11 is 7.35. The molecule has 0 saturated heterocycles. The van der Waals surface area contributed by atoms with Gasteiger partial charge in [0, 0.05) is 12.1 Å². The summed E-state index contributed by atoms with van der Waals surface area (Å²) in [6.45, 7) is 0.669. The van der Waals surface area contributed by atoms with E-state index in [1.165, 1.54) is 16.2 Å². The first kappa shape index (κ1) is 18.2. The van der Waals surface area contributed by atoms with Gasteiger partial charge in [-0.2, -0.15) is 0 Å². The van der Waals surface area contributed by atoms with E-state index in [9.17, 15) is 9.59 Å². The number of hydrogen-bond donors (Lipinski definition) is 1. The number of aromatic nitrogens is 1. The van der Waals surface area contributed by atoms with Crippen LogP contribution >= 0.6 is 22.9 Å². The third-order valence-electron chi connectivity index (χ3n) is 3.78. The minimum absolute atomic E-state index is 0.110. The second-order valence-electron chi connectivity index (χ2n) is 5.62. The maximum absolute atomic E-state index is 12.5. The number of likely N-dealkylation sites (N-methyl/N-ethyl adjacent to an activating group) is 1. The number of thiophene rings is 1. The third-order valence-corrected chi connectivity index (χ3v) is 4.94. The van der Waals surface area contributed by atoms with Gasteiger partial charge in [0.15, 0.2) is 0 Å². The van der Waals surface area contributed by atoms with Gasteiger partial charge in [-0.15, -0.1) is 11.3 Å². The maximum atomic E-state index is 12.5. The molecule has 0 aliphatic carbocycles. The van der Waals surface area contributed by atoms with Crippen LogP contribution in [0.3, 0.4) is 0 Å². The quantitative estimate of drug-likeness (QED) is 0.696. The fourth-order valence-electron chi connectivity index (χ4n) is 2.36. The lowest BCUT2D eigenvalue weighted by Gasteiger charge is -2.17. The zero-order valence-electron chi connectivity index (χ0n) is 14.1. The number of amides is 1. The van der Waals surface area contributed by atoms with Gasteiger partial charge >= 0.3 is 0 Å². The molecule has 0 bridgehead atoms. The second kappa shape index (κ2) is 8.21. The molecule has 0 atom stereocenters. The van der Waals surface area contributed by atoms with Crippen molar-refractivity contribution in [1.29, 1.82) is 0 Å². The first-order valence-corrected chi connectivity index (χ1v) is 9.21. The third kappa shape index (κ3) is 4.33. The largest absolute Gasteiger partial charge is 0.492 e. The van der Waals surface area contributed by atoms with Crippen molar-refractivity contribution in [3.63, 3.8) is 0 Å². The molecule has 1 N–H and O–H groups in total. The van der Waals surface area contributed by atoms with Crippen LogP contribution in [-0.4, -0.2) is 36.0 Å². The molecule has 2 aromatic heterocycles. The Morgan fingerprint density at radius 1 is 1.19 bits per heavy atom. The standard InChI is InChI=1S/C19H17ClN2O3S/c1-22(10-11-25-14-6-4-13(20)5-7-14)19(24)15-8-9-16(21-18(15)23)17-3-2-12-26-17/h2-9,12H,10-11H2,1H3,(H,21,23). The summed E-state index contributed by atoms with van der Waals surface area (Å²) in [6.07, 6.45) is 0. The molecule has 26 heavy (non-hydrogen) atoms. The Labute approximate surface area is 159 Å². The number of rotatable bonds is 6. The number of H-pyrrole nitrogens is 1. The van der Waals surface area contributed by atoms with E-state index in [4.69, 9.17) is 16.3 Å². The molecule has 0 fully saturated rings. The average Bonchev–Trinajstić information content (AvgIpc) is 3.17. The Morgan fingerprint density at radius 2 is 1.96 bits per heavy atom. The summed E-state index contributed by atoms with van der Waals surface area (Å²) in [7, 11) is 1.64. The van der Waals surface area contributed by atoms with Crippen molar-refractivity contribution >= 4 is 28.8 Å². The van der Waals surface area contributed by atoms with Gasteiger partial charge in [0.1, 0.15) is 17.9 Å². The molecular formula is C19H17ClN2O3S. The number of benzene rings is 1. The molecule has 0 aliphatic rings. The van der Waals surface area contributed by atoms with Crippen molar-refractivity contribution in [2.45, 2.75) is 0 Å². The van der Waals surface area contributed by atoms with E-state index in [-0.39, 0.29) is 11.5 Å². The van der Waals surface area contributed by atoms with Crippen molar-refractivity contribution in [2.24, 2.45) is 0 Å². The van der Waals surface area contributed by atoms with Crippen molar-refractivity contribution < 1.29 is 9.53 Å². The van der Waals surface area contributed by atoms with Crippen molar-refractivity contribution in [2.75, 3.05) is 20.2 Å². The summed E-state index contributed by atoms with van der Waals surface area (Å²) in [4.78, 5) is 29.9. The van der Waals surface area contributed by atoms with Crippen LogP contribution in [0.15, 0.2) is 58.7 Å². The van der Waals surface area contributed by atoms with E-state index >= 15 is 0 Å². The van der Waals surface area contributed by atoms with Crippen LogP contribution in [0.5, 0.6) is 5.75 Å². The van der Waals surface area contributed by atoms with E-state index in [0.29, 0.717) is 29.6 Å². The van der Waals surface area contributed by atoms with Gasteiger partial charge in [0.05, 0.1) is 17.1 Å². The van der Waals surface area contributed by atoms with Crippen LogP contribution in [0, 0.1) is 0 Å². The minimum atomic E-state index is -0.397. The smallest absolute Gasteiger partial charge is 0.261 e. The highest BCUT2D eigenvalue weighted by Crippen LogP contribution is 2.21. The van der Waals surface area contributed by atoms with Crippen LogP contribution in [0.4, 0.5) is 0 Å². The normalized spacial score (nSPS) is 10.5. The molecule has 7 heteroatoms. The SMILES string of the molecule is CN(CCOc1ccc(Cl)cc1)C(=O)c1ccc(-c2cccs2)[nH]c1=O. The maximum Gasteiger partial charge on any atom is 0.261 e. The lowest BCUT2D eigenvalue weighted by molar-refractivity contribution is 0.0772. The summed E-state index contributed by atoms with van der Waals surface area (Å²) in [5, 5.41) is 2.57. The lowest BCUT2D eigenvalue weighted by Crippen LogP contribution is -2.34. The molecule has 134 valence electrons. The van der Waals surface area contributed by atoms with Gasteiger partial charge in [0.2, 0.25) is 0 Å². The van der Waals surface area contributed by atoms with Crippen molar-refractivity contribution in [3.8, 4) is 16.3 Å². The summed E-state index contributed by atoms with van der Waals surface area (Å²) in [5.74, 6) is 0.331. The van der Waals surface area contributed by atoms with Gasteiger partial charge in [-0.3, -0.25) is 9.59 Å². The lowest BCUT2D eigenvalue weighted by atomic mass is 10.2. The van der Waals surface area contributed by atoms with E-state index in [0.717, 1.165) is 4.88 Å². The molecule has 1 amide bonds. The minimum Gasteiger partial charge on any atom is -0.492 e. The molecular weight excluding hydrogens is 372 g/mol. The Bertz CT molecular complexity index is 936. The number of ether oxygens (including phenoxy) is 1. The number of pyridine rings is 1. The predicted molar refractivity (Wildman–Crippen MR) is 104 cm³/mol. The van der Waals surface area contributed by atoms with E-state index in [2.05, 4.69) is 4.98 Å². The highest BCUT2D eigenvalue weighted by Gasteiger charge is 2.16. The van der Waals surface area contributed by atoms with Crippen LogP contribution < -0.4 is 10.3 Å². The first-order chi connectivity index (χ1) is 12.5. The summed E-state index contributed by atoms with van der Waals surface area (Å²) < 4.78 is 5.58. The predicted octanol–water partition coefficient (Wildman–Crippen LogP) is 3.91. The fourth-order valence-corrected chi connectivity index (χ4v) is 3.19. The Hall–Kier alpha value is -2.57.